The first-order valence-electron chi connectivity index (χ1n) is 9.95. The van der Waals surface area contributed by atoms with Crippen LogP contribution in [0, 0.1) is 5.92 Å². The Morgan fingerprint density at radius 3 is 2.57 bits per heavy atom. The third-order valence-corrected chi connectivity index (χ3v) is 10.1. The van der Waals surface area contributed by atoms with Crippen LogP contribution in [0.25, 0.3) is 0 Å². The Kier molecular flexibility index (Phi) is 6.20. The minimum atomic E-state index is -3.40. The first-order chi connectivity index (χ1) is 13.5. The molecule has 1 aliphatic carbocycles. The lowest BCUT2D eigenvalue weighted by Crippen LogP contribution is -2.33. The van der Waals surface area contributed by atoms with Gasteiger partial charge in [0.25, 0.3) is 10.0 Å². The first-order valence-corrected chi connectivity index (χ1v) is 13.1. The van der Waals surface area contributed by atoms with E-state index in [2.05, 4.69) is 16.8 Å². The maximum absolute atomic E-state index is 12.7. The fourth-order valence-electron chi connectivity index (χ4n) is 4.21. The Hall–Kier alpha value is -1.22. The molecule has 8 heteroatoms. The van der Waals surface area contributed by atoms with Crippen molar-refractivity contribution in [2.24, 2.45) is 5.92 Å². The molecular formula is C20H26N2O3S3. The summed E-state index contributed by atoms with van der Waals surface area (Å²) < 4.78 is 27.3. The number of thiophene rings is 2. The standard InChI is InChI=1S/C20H26N2O3S3/c23-18(21-20(15-6-1-2-7-15)17-8-5-13-26-17)14-16-9-10-19(27-16)28(24,25)22-11-3-4-12-22/h5,8-10,13,15,20H,1-4,6-7,11-12,14H2,(H,21,23). The normalized spacial score (nSPS) is 19.9. The molecule has 0 radical (unpaired) electrons. The summed E-state index contributed by atoms with van der Waals surface area (Å²) in [4.78, 5) is 14.7. The van der Waals surface area contributed by atoms with Crippen molar-refractivity contribution in [3.05, 3.63) is 39.4 Å². The van der Waals surface area contributed by atoms with Crippen LogP contribution in [0.15, 0.2) is 33.9 Å². The van der Waals surface area contributed by atoms with Crippen LogP contribution < -0.4 is 5.32 Å². The maximum atomic E-state index is 12.7. The minimum absolute atomic E-state index is 0.0303. The molecule has 0 aromatic carbocycles. The molecule has 1 saturated carbocycles. The number of nitrogens with zero attached hydrogens (tertiary/aromatic N) is 1. The van der Waals surface area contributed by atoms with Crippen molar-refractivity contribution < 1.29 is 13.2 Å². The lowest BCUT2D eigenvalue weighted by atomic mass is 9.96. The van der Waals surface area contributed by atoms with Gasteiger partial charge in [0, 0.05) is 22.8 Å². The average molecular weight is 439 g/mol. The Balaban J connectivity index is 1.42. The zero-order valence-corrected chi connectivity index (χ0v) is 18.3. The van der Waals surface area contributed by atoms with E-state index in [1.165, 1.54) is 29.1 Å². The molecule has 28 heavy (non-hydrogen) atoms. The van der Waals surface area contributed by atoms with Crippen LogP contribution in [0.2, 0.25) is 0 Å². The second kappa shape index (κ2) is 8.65. The fourth-order valence-corrected chi connectivity index (χ4v) is 8.11. The highest BCUT2D eigenvalue weighted by Gasteiger charge is 2.30. The summed E-state index contributed by atoms with van der Waals surface area (Å²) >= 11 is 2.91. The van der Waals surface area contributed by atoms with E-state index in [1.807, 2.05) is 6.07 Å². The molecule has 2 fully saturated rings. The van der Waals surface area contributed by atoms with Crippen molar-refractivity contribution in [3.63, 3.8) is 0 Å². The number of nitrogens with one attached hydrogen (secondary N) is 1. The van der Waals surface area contributed by atoms with Crippen LogP contribution in [0.3, 0.4) is 0 Å². The molecule has 0 spiro atoms. The zero-order valence-electron chi connectivity index (χ0n) is 15.8. The van der Waals surface area contributed by atoms with E-state index < -0.39 is 10.0 Å². The van der Waals surface area contributed by atoms with E-state index >= 15 is 0 Å². The van der Waals surface area contributed by atoms with Gasteiger partial charge < -0.3 is 5.32 Å². The molecule has 2 aromatic heterocycles. The Labute approximate surface area is 174 Å². The van der Waals surface area contributed by atoms with Crippen LogP contribution in [0.4, 0.5) is 0 Å². The van der Waals surface area contributed by atoms with Gasteiger partial charge in [-0.2, -0.15) is 4.31 Å². The Morgan fingerprint density at radius 2 is 1.89 bits per heavy atom. The van der Waals surface area contributed by atoms with Crippen molar-refractivity contribution in [1.29, 1.82) is 0 Å². The lowest BCUT2D eigenvalue weighted by Gasteiger charge is -2.23. The number of carbonyl (C=O) groups excluding carboxylic acids is 1. The molecule has 1 amide bonds. The Bertz CT molecular complexity index is 893. The molecule has 1 unspecified atom stereocenters. The average Bonchev–Trinajstić information content (AvgIpc) is 3.49. The van der Waals surface area contributed by atoms with Gasteiger partial charge in [-0.3, -0.25) is 4.79 Å². The summed E-state index contributed by atoms with van der Waals surface area (Å²) in [6, 6.07) is 7.63. The summed E-state index contributed by atoms with van der Waals surface area (Å²) in [5, 5.41) is 5.29. The van der Waals surface area contributed by atoms with E-state index in [1.54, 1.807) is 27.8 Å². The van der Waals surface area contributed by atoms with Gasteiger partial charge in [0.15, 0.2) is 0 Å². The highest BCUT2D eigenvalue weighted by atomic mass is 32.2. The summed E-state index contributed by atoms with van der Waals surface area (Å²) in [5.41, 5.74) is 0. The highest BCUT2D eigenvalue weighted by molar-refractivity contribution is 7.91. The molecule has 152 valence electrons. The number of rotatable bonds is 7. The predicted octanol–water partition coefficient (Wildman–Crippen LogP) is 4.18. The van der Waals surface area contributed by atoms with Gasteiger partial charge in [0.2, 0.25) is 5.91 Å². The van der Waals surface area contributed by atoms with Gasteiger partial charge >= 0.3 is 0 Å². The summed E-state index contributed by atoms with van der Waals surface area (Å²) in [5.74, 6) is 0.467. The second-order valence-electron chi connectivity index (χ2n) is 7.61. The van der Waals surface area contributed by atoms with E-state index in [0.717, 1.165) is 30.6 Å². The smallest absolute Gasteiger partial charge is 0.252 e. The number of hydrogen-bond acceptors (Lipinski definition) is 5. The SMILES string of the molecule is O=C(Cc1ccc(S(=O)(=O)N2CCCC2)s1)NC(c1cccs1)C1CCCC1. The van der Waals surface area contributed by atoms with E-state index in [4.69, 9.17) is 0 Å². The van der Waals surface area contributed by atoms with Crippen LogP contribution in [0.1, 0.15) is 54.3 Å². The highest BCUT2D eigenvalue weighted by Crippen LogP contribution is 2.37. The van der Waals surface area contributed by atoms with Crippen LogP contribution in [-0.4, -0.2) is 31.7 Å². The first kappa shape index (κ1) is 20.1. The van der Waals surface area contributed by atoms with Crippen molar-refractivity contribution in [2.45, 2.75) is 55.2 Å². The third-order valence-electron chi connectivity index (χ3n) is 5.67. The monoisotopic (exact) mass is 438 g/mol. The molecule has 2 aromatic rings. The number of sulfonamides is 1. The number of carbonyl (C=O) groups is 1. The molecule has 1 saturated heterocycles. The molecule has 1 aliphatic heterocycles. The van der Waals surface area contributed by atoms with Crippen molar-refractivity contribution in [3.8, 4) is 0 Å². The van der Waals surface area contributed by atoms with E-state index in [9.17, 15) is 13.2 Å². The maximum Gasteiger partial charge on any atom is 0.252 e. The molecule has 5 nitrogen and oxygen atoms in total. The molecule has 1 N–H and O–H groups in total. The third kappa shape index (κ3) is 4.35. The minimum Gasteiger partial charge on any atom is -0.348 e. The van der Waals surface area contributed by atoms with E-state index in [0.29, 0.717) is 23.2 Å². The van der Waals surface area contributed by atoms with Crippen molar-refractivity contribution >= 4 is 38.6 Å². The van der Waals surface area contributed by atoms with Crippen LogP contribution in [0.5, 0.6) is 0 Å². The lowest BCUT2D eigenvalue weighted by molar-refractivity contribution is -0.121. The quantitative estimate of drug-likeness (QED) is 0.705. The molecule has 0 bridgehead atoms. The molecule has 1 atom stereocenters. The summed E-state index contributed by atoms with van der Waals surface area (Å²) in [7, 11) is -3.40. The number of amides is 1. The zero-order chi connectivity index (χ0) is 19.6. The van der Waals surface area contributed by atoms with Gasteiger partial charge in [0.05, 0.1) is 12.5 Å². The summed E-state index contributed by atoms with van der Waals surface area (Å²) in [6.07, 6.45) is 6.83. The van der Waals surface area contributed by atoms with Crippen LogP contribution in [-0.2, 0) is 21.2 Å². The van der Waals surface area contributed by atoms with Crippen molar-refractivity contribution in [2.75, 3.05) is 13.1 Å². The van der Waals surface area contributed by atoms with Crippen molar-refractivity contribution in [1.82, 2.24) is 9.62 Å². The largest absolute Gasteiger partial charge is 0.348 e. The van der Waals surface area contributed by atoms with Gasteiger partial charge in [-0.1, -0.05) is 18.9 Å². The second-order valence-corrected chi connectivity index (χ2v) is 11.9. The Morgan fingerprint density at radius 1 is 1.14 bits per heavy atom. The van der Waals surface area contributed by atoms with Gasteiger partial charge in [-0.05, 0) is 55.2 Å². The molecule has 3 heterocycles. The number of hydrogen-bond donors (Lipinski definition) is 1. The topological polar surface area (TPSA) is 66.5 Å². The van der Waals surface area contributed by atoms with Gasteiger partial charge in [-0.15, -0.1) is 22.7 Å². The van der Waals surface area contributed by atoms with E-state index in [-0.39, 0.29) is 18.4 Å². The fraction of sp³-hybridized carbons (Fsp3) is 0.550. The molecule has 4 rings (SSSR count). The van der Waals surface area contributed by atoms with Crippen LogP contribution >= 0.6 is 22.7 Å². The predicted molar refractivity (Wildman–Crippen MR) is 113 cm³/mol. The molecular weight excluding hydrogens is 412 g/mol. The molecule has 2 aliphatic rings. The van der Waals surface area contributed by atoms with Gasteiger partial charge in [-0.25, -0.2) is 8.42 Å². The van der Waals surface area contributed by atoms with Gasteiger partial charge in [0.1, 0.15) is 4.21 Å². The summed E-state index contributed by atoms with van der Waals surface area (Å²) in [6.45, 7) is 1.19.